The first kappa shape index (κ1) is 17.0. The third-order valence-electron chi connectivity index (χ3n) is 2.88. The maximum atomic E-state index is 9.81. The maximum Gasteiger partial charge on any atom is 0.119 e. The van der Waals surface area contributed by atoms with E-state index in [2.05, 4.69) is 0 Å². The van der Waals surface area contributed by atoms with Crippen molar-refractivity contribution in [2.24, 2.45) is 0 Å². The van der Waals surface area contributed by atoms with Crippen molar-refractivity contribution in [2.45, 2.75) is 33.0 Å². The predicted octanol–water partition coefficient (Wildman–Crippen LogP) is 2.09. The van der Waals surface area contributed by atoms with Gasteiger partial charge in [-0.2, -0.15) is 0 Å². The van der Waals surface area contributed by atoms with Gasteiger partial charge in [-0.25, -0.2) is 0 Å². The summed E-state index contributed by atoms with van der Waals surface area (Å²) >= 11 is 0. The number of hydrogen-bond acceptors (Lipinski definition) is 4. The predicted molar refractivity (Wildman–Crippen MR) is 81.3 cm³/mol. The molecular formula is C16H27NO3. The van der Waals surface area contributed by atoms with Gasteiger partial charge in [-0.1, -0.05) is 12.1 Å². The first-order valence-electron chi connectivity index (χ1n) is 7.15. The molecule has 0 spiro atoms. The molecule has 1 N–H and O–H groups in total. The van der Waals surface area contributed by atoms with Crippen molar-refractivity contribution >= 4 is 0 Å². The summed E-state index contributed by atoms with van der Waals surface area (Å²) in [6.07, 6.45) is -0.305. The van der Waals surface area contributed by atoms with Crippen LogP contribution in [0.1, 0.15) is 19.4 Å². The highest BCUT2D eigenvalue weighted by molar-refractivity contribution is 5.27. The fourth-order valence-electron chi connectivity index (χ4n) is 1.83. The second kappa shape index (κ2) is 8.95. The lowest BCUT2D eigenvalue weighted by atomic mass is 10.2. The molecule has 0 bridgehead atoms. The van der Waals surface area contributed by atoms with E-state index in [1.807, 2.05) is 57.0 Å². The zero-order chi connectivity index (χ0) is 15.0. The summed E-state index contributed by atoms with van der Waals surface area (Å²) in [5.41, 5.74) is 1.19. The lowest BCUT2D eigenvalue weighted by molar-refractivity contribution is -0.00649. The van der Waals surface area contributed by atoms with Crippen LogP contribution in [0.3, 0.4) is 0 Å². The third-order valence-corrected chi connectivity index (χ3v) is 2.88. The summed E-state index contributed by atoms with van der Waals surface area (Å²) in [6, 6.07) is 8.01. The van der Waals surface area contributed by atoms with Crippen LogP contribution in [0, 0.1) is 6.92 Å². The molecule has 1 rings (SSSR count). The fraction of sp³-hybridized carbons (Fsp3) is 0.625. The largest absolute Gasteiger partial charge is 0.492 e. The van der Waals surface area contributed by atoms with Crippen LogP contribution >= 0.6 is 0 Å². The molecule has 0 heterocycles. The standard InChI is InChI=1S/C16H27NO3/c1-13(2)20-12-15(18)11-17(4)8-9-19-16-7-5-6-14(3)10-16/h5-7,10,13,15,18H,8-9,11-12H2,1-4H3/t15-/m0/s1. The van der Waals surface area contributed by atoms with E-state index in [0.717, 1.165) is 12.3 Å². The molecular weight excluding hydrogens is 254 g/mol. The van der Waals surface area contributed by atoms with Crippen LogP contribution in [-0.2, 0) is 4.74 Å². The molecule has 0 saturated carbocycles. The Morgan fingerprint density at radius 3 is 2.70 bits per heavy atom. The highest BCUT2D eigenvalue weighted by Gasteiger charge is 2.09. The molecule has 4 heteroatoms. The number of ether oxygens (including phenoxy) is 2. The van der Waals surface area contributed by atoms with Gasteiger partial charge in [0, 0.05) is 13.1 Å². The Bertz CT molecular complexity index is 382. The average molecular weight is 281 g/mol. The Morgan fingerprint density at radius 1 is 1.30 bits per heavy atom. The van der Waals surface area contributed by atoms with E-state index >= 15 is 0 Å². The summed E-state index contributed by atoms with van der Waals surface area (Å²) in [6.45, 7) is 8.32. The van der Waals surface area contributed by atoms with Gasteiger partial charge in [0.25, 0.3) is 0 Å². The van der Waals surface area contributed by atoms with Crippen LogP contribution < -0.4 is 4.74 Å². The van der Waals surface area contributed by atoms with Crippen LogP contribution in [0.15, 0.2) is 24.3 Å². The fourth-order valence-corrected chi connectivity index (χ4v) is 1.83. The van der Waals surface area contributed by atoms with E-state index in [1.54, 1.807) is 0 Å². The van der Waals surface area contributed by atoms with Crippen molar-refractivity contribution in [2.75, 3.05) is 33.4 Å². The van der Waals surface area contributed by atoms with E-state index in [1.165, 1.54) is 5.56 Å². The molecule has 1 aromatic rings. The van der Waals surface area contributed by atoms with Gasteiger partial charge >= 0.3 is 0 Å². The lowest BCUT2D eigenvalue weighted by Crippen LogP contribution is -2.35. The molecule has 1 atom stereocenters. The summed E-state index contributed by atoms with van der Waals surface area (Å²) < 4.78 is 11.1. The number of benzene rings is 1. The molecule has 0 radical (unpaired) electrons. The highest BCUT2D eigenvalue weighted by Crippen LogP contribution is 2.12. The van der Waals surface area contributed by atoms with E-state index in [9.17, 15) is 5.11 Å². The maximum absolute atomic E-state index is 9.81. The van der Waals surface area contributed by atoms with Crippen LogP contribution in [0.4, 0.5) is 0 Å². The second-order valence-corrected chi connectivity index (χ2v) is 5.46. The average Bonchev–Trinajstić information content (AvgIpc) is 2.36. The minimum atomic E-state index is -0.457. The van der Waals surface area contributed by atoms with Crippen LogP contribution in [0.2, 0.25) is 0 Å². The van der Waals surface area contributed by atoms with Gasteiger partial charge in [0.1, 0.15) is 12.4 Å². The normalized spacial score (nSPS) is 12.9. The number of nitrogens with zero attached hydrogens (tertiary/aromatic N) is 1. The number of likely N-dealkylation sites (N-methyl/N-ethyl adjacent to an activating group) is 1. The van der Waals surface area contributed by atoms with Gasteiger partial charge < -0.3 is 19.5 Å². The van der Waals surface area contributed by atoms with Crippen LogP contribution in [0.25, 0.3) is 0 Å². The third kappa shape index (κ3) is 7.48. The first-order chi connectivity index (χ1) is 9.47. The van der Waals surface area contributed by atoms with Crippen molar-refractivity contribution in [1.82, 2.24) is 4.90 Å². The van der Waals surface area contributed by atoms with Crippen molar-refractivity contribution in [3.63, 3.8) is 0 Å². The van der Waals surface area contributed by atoms with E-state index < -0.39 is 6.10 Å². The number of rotatable bonds is 9. The van der Waals surface area contributed by atoms with Crippen molar-refractivity contribution in [1.29, 1.82) is 0 Å². The molecule has 0 amide bonds. The van der Waals surface area contributed by atoms with Gasteiger partial charge in [0.15, 0.2) is 0 Å². The lowest BCUT2D eigenvalue weighted by Gasteiger charge is -2.21. The van der Waals surface area contributed by atoms with E-state index in [0.29, 0.717) is 19.8 Å². The molecule has 4 nitrogen and oxygen atoms in total. The Balaban J connectivity index is 2.18. The molecule has 0 aliphatic rings. The zero-order valence-corrected chi connectivity index (χ0v) is 13.0. The van der Waals surface area contributed by atoms with E-state index in [-0.39, 0.29) is 6.10 Å². The number of aryl methyl sites for hydroxylation is 1. The van der Waals surface area contributed by atoms with Crippen LogP contribution in [0.5, 0.6) is 5.75 Å². The molecule has 0 aliphatic carbocycles. The van der Waals surface area contributed by atoms with Gasteiger partial charge in [0.05, 0.1) is 18.8 Å². The Labute approximate surface area is 122 Å². The summed E-state index contributed by atoms with van der Waals surface area (Å²) in [4.78, 5) is 2.05. The topological polar surface area (TPSA) is 41.9 Å². The molecule has 1 aromatic carbocycles. The SMILES string of the molecule is Cc1cccc(OCCN(C)C[C@H](O)COC(C)C)c1. The molecule has 20 heavy (non-hydrogen) atoms. The molecule has 0 saturated heterocycles. The minimum absolute atomic E-state index is 0.152. The summed E-state index contributed by atoms with van der Waals surface area (Å²) in [5, 5.41) is 9.81. The summed E-state index contributed by atoms with van der Waals surface area (Å²) in [7, 11) is 1.97. The molecule has 0 fully saturated rings. The van der Waals surface area contributed by atoms with Gasteiger partial charge in [0.2, 0.25) is 0 Å². The zero-order valence-electron chi connectivity index (χ0n) is 13.0. The van der Waals surface area contributed by atoms with Gasteiger partial charge in [-0.15, -0.1) is 0 Å². The Morgan fingerprint density at radius 2 is 2.05 bits per heavy atom. The smallest absolute Gasteiger partial charge is 0.119 e. The summed E-state index contributed by atoms with van der Waals surface area (Å²) in [5.74, 6) is 0.891. The highest BCUT2D eigenvalue weighted by atomic mass is 16.5. The van der Waals surface area contributed by atoms with Gasteiger partial charge in [-0.05, 0) is 45.5 Å². The van der Waals surface area contributed by atoms with Crippen molar-refractivity contribution < 1.29 is 14.6 Å². The quantitative estimate of drug-likeness (QED) is 0.752. The van der Waals surface area contributed by atoms with E-state index in [4.69, 9.17) is 9.47 Å². The Hall–Kier alpha value is -1.10. The number of aliphatic hydroxyl groups excluding tert-OH is 1. The molecule has 0 aliphatic heterocycles. The molecule has 0 unspecified atom stereocenters. The second-order valence-electron chi connectivity index (χ2n) is 5.46. The van der Waals surface area contributed by atoms with Crippen molar-refractivity contribution in [3.8, 4) is 5.75 Å². The monoisotopic (exact) mass is 281 g/mol. The minimum Gasteiger partial charge on any atom is -0.492 e. The molecule has 0 aromatic heterocycles. The van der Waals surface area contributed by atoms with Gasteiger partial charge in [-0.3, -0.25) is 0 Å². The van der Waals surface area contributed by atoms with Crippen molar-refractivity contribution in [3.05, 3.63) is 29.8 Å². The first-order valence-corrected chi connectivity index (χ1v) is 7.15. The number of hydrogen-bond donors (Lipinski definition) is 1. The van der Waals surface area contributed by atoms with Crippen LogP contribution in [-0.4, -0.2) is 55.6 Å². The number of aliphatic hydroxyl groups is 1. The molecule has 114 valence electrons. The Kier molecular flexibility index (Phi) is 7.59.